The van der Waals surface area contributed by atoms with Crippen molar-refractivity contribution < 1.29 is 9.13 Å². The van der Waals surface area contributed by atoms with Crippen molar-refractivity contribution in [2.45, 2.75) is 6.54 Å². The van der Waals surface area contributed by atoms with E-state index in [-0.39, 0.29) is 5.02 Å². The number of pyridine rings is 1. The van der Waals surface area contributed by atoms with Crippen LogP contribution in [0.2, 0.25) is 5.02 Å². The molecule has 1 N–H and O–H groups in total. The molecule has 0 spiro atoms. The van der Waals surface area contributed by atoms with Gasteiger partial charge in [-0.1, -0.05) is 17.7 Å². The number of nitrogens with zero attached hydrogens (tertiary/aromatic N) is 2. The molecule has 1 aromatic carbocycles. The van der Waals surface area contributed by atoms with E-state index in [0.717, 1.165) is 11.3 Å². The van der Waals surface area contributed by atoms with Crippen LogP contribution in [-0.2, 0) is 6.54 Å². The van der Waals surface area contributed by atoms with Gasteiger partial charge in [-0.2, -0.15) is 4.98 Å². The number of benzene rings is 1. The highest BCUT2D eigenvalue weighted by Crippen LogP contribution is 2.28. The Morgan fingerprint density at radius 1 is 1.33 bits per heavy atom. The topological polar surface area (TPSA) is 38.6 Å². The second kappa shape index (κ2) is 5.71. The van der Waals surface area contributed by atoms with Crippen molar-refractivity contribution in [3.8, 4) is 11.6 Å². The maximum atomic E-state index is 13.2. The molecule has 2 heterocycles. The van der Waals surface area contributed by atoms with E-state index in [1.165, 1.54) is 18.2 Å². The zero-order valence-corrected chi connectivity index (χ0v) is 12.1. The first-order valence-corrected chi connectivity index (χ1v) is 6.80. The summed E-state index contributed by atoms with van der Waals surface area (Å²) in [6.45, 7) is 0.593. The van der Waals surface area contributed by atoms with Crippen molar-refractivity contribution in [3.63, 3.8) is 0 Å². The average Bonchev–Trinajstić information content (AvgIpc) is 2.81. The lowest BCUT2D eigenvalue weighted by molar-refractivity contribution is 0.455. The zero-order chi connectivity index (χ0) is 14.8. The number of nitrogens with one attached hydrogen (secondary N) is 1. The van der Waals surface area contributed by atoms with Gasteiger partial charge in [0.1, 0.15) is 22.9 Å². The second-order valence-electron chi connectivity index (χ2n) is 4.50. The molecule has 0 aliphatic rings. The zero-order valence-electron chi connectivity index (χ0n) is 11.3. The molecular weight excluding hydrogens is 293 g/mol. The van der Waals surface area contributed by atoms with E-state index in [4.69, 9.17) is 16.3 Å². The van der Waals surface area contributed by atoms with Crippen molar-refractivity contribution in [2.75, 3.05) is 7.05 Å². The summed E-state index contributed by atoms with van der Waals surface area (Å²) in [5.74, 6) is 0.440. The van der Waals surface area contributed by atoms with Crippen molar-refractivity contribution in [2.24, 2.45) is 0 Å². The van der Waals surface area contributed by atoms with Crippen LogP contribution in [-0.4, -0.2) is 16.4 Å². The molecule has 0 radical (unpaired) electrons. The van der Waals surface area contributed by atoms with Gasteiger partial charge in [0.25, 0.3) is 0 Å². The summed E-state index contributed by atoms with van der Waals surface area (Å²) in [5.41, 5.74) is 1.67. The Labute approximate surface area is 126 Å². The Morgan fingerprint density at radius 3 is 2.95 bits per heavy atom. The summed E-state index contributed by atoms with van der Waals surface area (Å²) >= 11 is 5.77. The Morgan fingerprint density at radius 2 is 2.19 bits per heavy atom. The number of imidazole rings is 1. The third kappa shape index (κ3) is 2.70. The number of rotatable bonds is 4. The summed E-state index contributed by atoms with van der Waals surface area (Å²) in [5, 5.41) is 3.10. The molecule has 0 bridgehead atoms. The fourth-order valence-electron chi connectivity index (χ4n) is 2.09. The van der Waals surface area contributed by atoms with Crippen LogP contribution in [0.25, 0.3) is 5.65 Å². The molecule has 3 aromatic rings. The monoisotopic (exact) mass is 305 g/mol. The van der Waals surface area contributed by atoms with Crippen molar-refractivity contribution in [1.82, 2.24) is 14.7 Å². The van der Waals surface area contributed by atoms with Gasteiger partial charge in [0, 0.05) is 18.8 Å². The van der Waals surface area contributed by atoms with Crippen molar-refractivity contribution >= 4 is 17.2 Å². The van der Waals surface area contributed by atoms with Crippen molar-refractivity contribution in [3.05, 3.63) is 59.1 Å². The first kappa shape index (κ1) is 13.9. The Kier molecular flexibility index (Phi) is 3.77. The molecule has 0 aliphatic carbocycles. The van der Waals surface area contributed by atoms with E-state index < -0.39 is 5.82 Å². The predicted molar refractivity (Wildman–Crippen MR) is 79.4 cm³/mol. The second-order valence-corrected chi connectivity index (χ2v) is 4.91. The highest BCUT2D eigenvalue weighted by Gasteiger charge is 2.14. The summed E-state index contributed by atoms with van der Waals surface area (Å²) in [7, 11) is 1.85. The van der Waals surface area contributed by atoms with E-state index in [1.54, 1.807) is 0 Å². The summed E-state index contributed by atoms with van der Waals surface area (Å²) in [4.78, 5) is 4.44. The highest BCUT2D eigenvalue weighted by molar-refractivity contribution is 6.30. The number of ether oxygens (including phenoxy) is 1. The number of aromatic nitrogens is 2. The van der Waals surface area contributed by atoms with Gasteiger partial charge < -0.3 is 10.1 Å². The number of halogens is 2. The van der Waals surface area contributed by atoms with Gasteiger partial charge in [-0.3, -0.25) is 4.40 Å². The van der Waals surface area contributed by atoms with Crippen LogP contribution in [0, 0.1) is 5.82 Å². The fourth-order valence-corrected chi connectivity index (χ4v) is 2.26. The summed E-state index contributed by atoms with van der Waals surface area (Å²) < 4.78 is 20.9. The normalized spacial score (nSPS) is 11.0. The standard InChI is InChI=1S/C15H13ClFN3O/c1-18-9-13-15(19-14-4-2-3-7-20(13)14)21-10-5-6-12(17)11(16)8-10/h2-8,18H,9H2,1H3. The summed E-state index contributed by atoms with van der Waals surface area (Å²) in [6, 6.07) is 9.95. The third-order valence-corrected chi connectivity index (χ3v) is 3.33. The van der Waals surface area contributed by atoms with E-state index in [2.05, 4.69) is 10.3 Å². The molecule has 2 aromatic heterocycles. The van der Waals surface area contributed by atoms with Gasteiger partial charge in [0.05, 0.1) is 5.02 Å². The lowest BCUT2D eigenvalue weighted by atomic mass is 10.3. The molecule has 21 heavy (non-hydrogen) atoms. The molecule has 0 saturated carbocycles. The first-order valence-electron chi connectivity index (χ1n) is 6.42. The highest BCUT2D eigenvalue weighted by atomic mass is 35.5. The van der Waals surface area contributed by atoms with Gasteiger partial charge in [-0.05, 0) is 31.3 Å². The average molecular weight is 306 g/mol. The molecule has 0 unspecified atom stereocenters. The molecule has 0 atom stereocenters. The van der Waals surface area contributed by atoms with Crippen LogP contribution < -0.4 is 10.1 Å². The maximum absolute atomic E-state index is 13.2. The maximum Gasteiger partial charge on any atom is 0.242 e. The van der Waals surface area contributed by atoms with Gasteiger partial charge >= 0.3 is 0 Å². The summed E-state index contributed by atoms with van der Waals surface area (Å²) in [6.07, 6.45) is 1.92. The Bertz CT molecular complexity index is 788. The smallest absolute Gasteiger partial charge is 0.242 e. The molecule has 4 nitrogen and oxygen atoms in total. The van der Waals surface area contributed by atoms with E-state index in [1.807, 2.05) is 35.8 Å². The van der Waals surface area contributed by atoms with Crippen LogP contribution in [0.3, 0.4) is 0 Å². The van der Waals surface area contributed by atoms with Gasteiger partial charge in [0.15, 0.2) is 0 Å². The SMILES string of the molecule is CNCc1c(Oc2ccc(F)c(Cl)c2)nc2ccccn12. The minimum absolute atomic E-state index is 0.0198. The largest absolute Gasteiger partial charge is 0.437 e. The van der Waals surface area contributed by atoms with Crippen LogP contribution >= 0.6 is 11.6 Å². The van der Waals surface area contributed by atoms with Crippen LogP contribution in [0.1, 0.15) is 5.69 Å². The molecule has 0 aliphatic heterocycles. The molecule has 0 fully saturated rings. The quantitative estimate of drug-likeness (QED) is 0.800. The molecule has 6 heteroatoms. The lowest BCUT2D eigenvalue weighted by Gasteiger charge is -2.06. The number of hydrogen-bond donors (Lipinski definition) is 1. The predicted octanol–water partition coefficient (Wildman–Crippen LogP) is 3.64. The minimum atomic E-state index is -0.477. The molecular formula is C15H13ClFN3O. The van der Waals surface area contributed by atoms with Gasteiger partial charge in [0.2, 0.25) is 5.88 Å². The number of hydrogen-bond acceptors (Lipinski definition) is 3. The van der Waals surface area contributed by atoms with Crippen molar-refractivity contribution in [1.29, 1.82) is 0 Å². The van der Waals surface area contributed by atoms with E-state index >= 15 is 0 Å². The van der Waals surface area contributed by atoms with Gasteiger partial charge in [-0.15, -0.1) is 0 Å². The van der Waals surface area contributed by atoms with Crippen LogP contribution in [0.5, 0.6) is 11.6 Å². The molecule has 0 saturated heterocycles. The fraction of sp³-hybridized carbons (Fsp3) is 0.133. The minimum Gasteiger partial charge on any atom is -0.437 e. The first-order chi connectivity index (χ1) is 10.2. The Balaban J connectivity index is 2.02. The van der Waals surface area contributed by atoms with E-state index in [0.29, 0.717) is 18.2 Å². The van der Waals surface area contributed by atoms with Crippen LogP contribution in [0.4, 0.5) is 4.39 Å². The molecule has 3 rings (SSSR count). The van der Waals surface area contributed by atoms with Gasteiger partial charge in [-0.25, -0.2) is 4.39 Å². The third-order valence-electron chi connectivity index (χ3n) is 3.04. The van der Waals surface area contributed by atoms with Crippen LogP contribution in [0.15, 0.2) is 42.6 Å². The van der Waals surface area contributed by atoms with E-state index in [9.17, 15) is 4.39 Å². The number of fused-ring (bicyclic) bond motifs is 1. The molecule has 0 amide bonds. The lowest BCUT2D eigenvalue weighted by Crippen LogP contribution is -2.08. The Hall–Kier alpha value is -2.11. The molecule has 108 valence electrons.